The van der Waals surface area contributed by atoms with E-state index in [0.717, 1.165) is 16.9 Å². The van der Waals surface area contributed by atoms with Gasteiger partial charge in [-0.2, -0.15) is 4.98 Å². The highest BCUT2D eigenvalue weighted by Gasteiger charge is 2.35. The van der Waals surface area contributed by atoms with Crippen LogP contribution in [0.3, 0.4) is 0 Å². The summed E-state index contributed by atoms with van der Waals surface area (Å²) >= 11 is 7.79. The summed E-state index contributed by atoms with van der Waals surface area (Å²) in [6.45, 7) is 7.87. The third-order valence-corrected chi connectivity index (χ3v) is 6.59. The molecule has 1 atom stereocenters. The van der Waals surface area contributed by atoms with E-state index in [1.54, 1.807) is 11.8 Å². The second-order valence-electron chi connectivity index (χ2n) is 7.84. The molecule has 0 radical (unpaired) electrons. The summed E-state index contributed by atoms with van der Waals surface area (Å²) in [6.07, 6.45) is 1.53. The number of benzene rings is 2. The molecule has 0 spiro atoms. The molecule has 1 unspecified atom stereocenters. The average Bonchev–Trinajstić information content (AvgIpc) is 3.28. The molecule has 1 aromatic heterocycles. The van der Waals surface area contributed by atoms with Crippen molar-refractivity contribution in [2.75, 3.05) is 24.8 Å². The maximum absolute atomic E-state index is 13.1. The normalized spacial score (nSPS) is 14.6. The highest BCUT2D eigenvalue weighted by atomic mass is 35.5. The number of carbonyl (C=O) groups excluding carboxylic acids is 1. The Morgan fingerprint density at radius 3 is 2.81 bits per heavy atom. The van der Waals surface area contributed by atoms with Crippen molar-refractivity contribution in [3.8, 4) is 11.5 Å². The molecule has 0 bridgehead atoms. The summed E-state index contributed by atoms with van der Waals surface area (Å²) in [5, 5.41) is 9.10. The molecule has 3 aromatic rings. The summed E-state index contributed by atoms with van der Waals surface area (Å²) in [5.74, 6) is 1.97. The quantitative estimate of drug-likeness (QED) is 0.206. The highest BCUT2D eigenvalue weighted by molar-refractivity contribution is 7.99. The van der Waals surface area contributed by atoms with Gasteiger partial charge in [-0.3, -0.25) is 0 Å². The first-order chi connectivity index (χ1) is 17.5. The van der Waals surface area contributed by atoms with Crippen LogP contribution in [0.5, 0.6) is 11.5 Å². The van der Waals surface area contributed by atoms with Gasteiger partial charge in [-0.25, -0.2) is 9.48 Å². The molecule has 0 fully saturated rings. The number of esters is 1. The van der Waals surface area contributed by atoms with Crippen LogP contribution in [0.2, 0.25) is 5.02 Å². The van der Waals surface area contributed by atoms with Crippen molar-refractivity contribution in [3.63, 3.8) is 0 Å². The summed E-state index contributed by atoms with van der Waals surface area (Å²) in [5.41, 5.74) is 2.69. The predicted octanol–water partition coefficient (Wildman–Crippen LogP) is 5.65. The lowest BCUT2D eigenvalue weighted by Gasteiger charge is -2.28. The maximum Gasteiger partial charge on any atom is 0.338 e. The first-order valence-electron chi connectivity index (χ1n) is 11.4. The first kappa shape index (κ1) is 25.7. The molecule has 0 saturated heterocycles. The Morgan fingerprint density at radius 1 is 1.28 bits per heavy atom. The molecule has 2 aromatic carbocycles. The van der Waals surface area contributed by atoms with Crippen molar-refractivity contribution in [1.82, 2.24) is 14.8 Å². The molecule has 8 nitrogen and oxygen atoms in total. The molecule has 0 aliphatic carbocycles. The number of carbonyl (C=O) groups is 1. The van der Waals surface area contributed by atoms with Crippen LogP contribution in [0, 0.1) is 0 Å². The maximum atomic E-state index is 13.1. The molecule has 0 saturated carbocycles. The van der Waals surface area contributed by atoms with Crippen LogP contribution in [0.1, 0.15) is 31.0 Å². The van der Waals surface area contributed by atoms with Crippen molar-refractivity contribution in [3.05, 3.63) is 82.5 Å². The molecular formula is C26H27ClN4O4S. The number of aromatic nitrogens is 3. The second kappa shape index (κ2) is 11.5. The standard InChI is InChI=1S/C26H27ClN4O4S/c1-5-13-34-24(32)22-16(3)28-25-29-26(36-6-2)30-31(25)23(22)17-11-12-20(21(14-17)33-4)35-15-18-9-7-8-10-19(18)27/h5,7-12,14,23H,1,6,13,15H2,2-4H3,(H,28,29,30). The molecule has 1 aliphatic rings. The Labute approximate surface area is 219 Å². The number of nitrogens with zero attached hydrogens (tertiary/aromatic N) is 3. The topological polar surface area (TPSA) is 87.5 Å². The fourth-order valence-corrected chi connectivity index (χ4v) is 4.60. The fraction of sp³-hybridized carbons (Fsp3) is 0.269. The van der Waals surface area contributed by atoms with E-state index < -0.39 is 12.0 Å². The average molecular weight is 527 g/mol. The molecule has 36 heavy (non-hydrogen) atoms. The zero-order valence-electron chi connectivity index (χ0n) is 20.3. The van der Waals surface area contributed by atoms with Crippen LogP contribution in [0.25, 0.3) is 0 Å². The fourth-order valence-electron chi connectivity index (χ4n) is 3.85. The lowest BCUT2D eigenvalue weighted by molar-refractivity contribution is -0.138. The number of methoxy groups -OCH3 is 1. The van der Waals surface area contributed by atoms with Crippen LogP contribution in [-0.2, 0) is 16.1 Å². The minimum Gasteiger partial charge on any atom is -0.493 e. The number of halogens is 1. The van der Waals surface area contributed by atoms with Crippen LogP contribution in [-0.4, -0.2) is 40.2 Å². The van der Waals surface area contributed by atoms with Crippen molar-refractivity contribution >= 4 is 35.3 Å². The number of hydrogen-bond donors (Lipinski definition) is 1. The summed E-state index contributed by atoms with van der Waals surface area (Å²) in [6, 6.07) is 12.5. The van der Waals surface area contributed by atoms with E-state index in [9.17, 15) is 4.79 Å². The molecule has 4 rings (SSSR count). The third kappa shape index (κ3) is 5.37. The zero-order valence-corrected chi connectivity index (χ0v) is 21.9. The van der Waals surface area contributed by atoms with Crippen molar-refractivity contribution in [2.24, 2.45) is 0 Å². The summed E-state index contributed by atoms with van der Waals surface area (Å²) in [7, 11) is 1.57. The van der Waals surface area contributed by atoms with Gasteiger partial charge in [0, 0.05) is 16.3 Å². The number of thioether (sulfide) groups is 1. The monoisotopic (exact) mass is 526 g/mol. The Kier molecular flexibility index (Phi) is 8.22. The lowest BCUT2D eigenvalue weighted by atomic mass is 9.95. The van der Waals surface area contributed by atoms with E-state index in [1.165, 1.54) is 17.8 Å². The molecule has 1 N–H and O–H groups in total. The lowest BCUT2D eigenvalue weighted by Crippen LogP contribution is -2.29. The van der Waals surface area contributed by atoms with Gasteiger partial charge < -0.3 is 19.5 Å². The van der Waals surface area contributed by atoms with Gasteiger partial charge in [-0.1, -0.05) is 67.2 Å². The number of anilines is 1. The highest BCUT2D eigenvalue weighted by Crippen LogP contribution is 2.40. The third-order valence-electron chi connectivity index (χ3n) is 5.50. The predicted molar refractivity (Wildman–Crippen MR) is 141 cm³/mol. The van der Waals surface area contributed by atoms with Crippen LogP contribution < -0.4 is 14.8 Å². The summed E-state index contributed by atoms with van der Waals surface area (Å²) in [4.78, 5) is 17.7. The van der Waals surface area contributed by atoms with E-state index in [-0.39, 0.29) is 13.2 Å². The van der Waals surface area contributed by atoms with Gasteiger partial charge in [0.25, 0.3) is 0 Å². The van der Waals surface area contributed by atoms with Gasteiger partial charge in [-0.15, -0.1) is 5.10 Å². The van der Waals surface area contributed by atoms with Gasteiger partial charge >= 0.3 is 5.97 Å². The van der Waals surface area contributed by atoms with E-state index in [0.29, 0.717) is 38.9 Å². The van der Waals surface area contributed by atoms with Gasteiger partial charge in [0.2, 0.25) is 11.1 Å². The van der Waals surface area contributed by atoms with E-state index >= 15 is 0 Å². The van der Waals surface area contributed by atoms with Crippen LogP contribution >= 0.6 is 23.4 Å². The van der Waals surface area contributed by atoms with Crippen LogP contribution in [0.15, 0.2) is 71.5 Å². The van der Waals surface area contributed by atoms with E-state index in [4.69, 9.17) is 25.8 Å². The van der Waals surface area contributed by atoms with Crippen molar-refractivity contribution in [2.45, 2.75) is 31.7 Å². The minimum atomic E-state index is -0.580. The molecule has 188 valence electrons. The Hall–Kier alpha value is -3.43. The number of fused-ring (bicyclic) bond motifs is 1. The van der Waals surface area contributed by atoms with Crippen LogP contribution in [0.4, 0.5) is 5.95 Å². The van der Waals surface area contributed by atoms with Gasteiger partial charge in [0.05, 0.1) is 12.7 Å². The first-order valence-corrected chi connectivity index (χ1v) is 12.7. The van der Waals surface area contributed by atoms with E-state index in [2.05, 4.69) is 22.0 Å². The Balaban J connectivity index is 1.72. The Bertz CT molecular complexity index is 1310. The molecule has 0 amide bonds. The van der Waals surface area contributed by atoms with Crippen molar-refractivity contribution < 1.29 is 19.0 Å². The minimum absolute atomic E-state index is 0.0988. The van der Waals surface area contributed by atoms with Gasteiger partial charge in [0.15, 0.2) is 11.5 Å². The van der Waals surface area contributed by atoms with Gasteiger partial charge in [-0.05, 0) is 36.4 Å². The number of allylic oxidation sites excluding steroid dienone is 1. The summed E-state index contributed by atoms with van der Waals surface area (Å²) < 4.78 is 18.8. The second-order valence-corrected chi connectivity index (χ2v) is 9.48. The number of ether oxygens (including phenoxy) is 3. The smallest absolute Gasteiger partial charge is 0.338 e. The zero-order chi connectivity index (χ0) is 25.7. The number of rotatable bonds is 10. The molecule has 2 heterocycles. The van der Waals surface area contributed by atoms with Gasteiger partial charge in [0.1, 0.15) is 19.3 Å². The van der Waals surface area contributed by atoms with E-state index in [1.807, 2.05) is 56.3 Å². The van der Waals surface area contributed by atoms with Crippen molar-refractivity contribution in [1.29, 1.82) is 0 Å². The SMILES string of the molecule is C=CCOC(=O)C1=C(C)Nc2nc(SCC)nn2C1c1ccc(OCc2ccccc2Cl)c(OC)c1. The largest absolute Gasteiger partial charge is 0.493 e. The molecule has 1 aliphatic heterocycles. The number of nitrogens with one attached hydrogen (secondary N) is 1. The Morgan fingerprint density at radius 2 is 2.08 bits per heavy atom. The molecule has 10 heteroatoms. The number of hydrogen-bond acceptors (Lipinski definition) is 8. The molecular weight excluding hydrogens is 500 g/mol.